The van der Waals surface area contributed by atoms with Crippen molar-refractivity contribution in [1.29, 1.82) is 0 Å². The van der Waals surface area contributed by atoms with Gasteiger partial charge in [-0.2, -0.15) is 0 Å². The van der Waals surface area contributed by atoms with Gasteiger partial charge in [-0.1, -0.05) is 0 Å². The molecule has 0 aromatic heterocycles. The van der Waals surface area contributed by atoms with Crippen LogP contribution in [0.3, 0.4) is 0 Å². The Kier molecular flexibility index (Phi) is 4.67. The maximum atomic E-state index is 12.3. The van der Waals surface area contributed by atoms with E-state index in [1.807, 2.05) is 0 Å². The summed E-state index contributed by atoms with van der Waals surface area (Å²) in [6.45, 7) is 1.28. The van der Waals surface area contributed by atoms with Gasteiger partial charge in [0.15, 0.2) is 0 Å². The number of aliphatic hydroxyl groups is 1. The van der Waals surface area contributed by atoms with Crippen LogP contribution in [0.25, 0.3) is 0 Å². The molecule has 0 saturated carbocycles. The van der Waals surface area contributed by atoms with Gasteiger partial charge < -0.3 is 19.8 Å². The molecule has 6 heteroatoms. The van der Waals surface area contributed by atoms with E-state index in [1.165, 1.54) is 11.0 Å². The van der Waals surface area contributed by atoms with Crippen LogP contribution in [-0.2, 0) is 4.74 Å². The first-order chi connectivity index (χ1) is 9.41. The van der Waals surface area contributed by atoms with Crippen LogP contribution >= 0.6 is 15.9 Å². The Morgan fingerprint density at radius 2 is 2.10 bits per heavy atom. The number of rotatable bonds is 3. The number of ether oxygens (including phenoxy) is 1. The summed E-state index contributed by atoms with van der Waals surface area (Å²) in [5.41, 5.74) is -0.496. The van der Waals surface area contributed by atoms with Gasteiger partial charge in [0.1, 0.15) is 5.75 Å². The molecule has 0 spiro atoms. The molecule has 1 aliphatic rings. The molecule has 1 aliphatic heterocycles. The van der Waals surface area contributed by atoms with Gasteiger partial charge in [-0.05, 0) is 34.1 Å². The van der Waals surface area contributed by atoms with E-state index in [0.29, 0.717) is 36.1 Å². The minimum Gasteiger partial charge on any atom is -0.507 e. The van der Waals surface area contributed by atoms with E-state index in [-0.39, 0.29) is 18.2 Å². The van der Waals surface area contributed by atoms with Crippen LogP contribution in [0.2, 0.25) is 0 Å². The summed E-state index contributed by atoms with van der Waals surface area (Å²) in [4.78, 5) is 13.8. The fourth-order valence-corrected chi connectivity index (χ4v) is 2.54. The van der Waals surface area contributed by atoms with Crippen molar-refractivity contribution in [3.05, 3.63) is 28.2 Å². The molecular weight excluding hydrogens is 326 g/mol. The smallest absolute Gasteiger partial charge is 0.253 e. The zero-order valence-corrected chi connectivity index (χ0v) is 12.9. The summed E-state index contributed by atoms with van der Waals surface area (Å²) in [5, 5.41) is 20.0. The highest BCUT2D eigenvalue weighted by Gasteiger charge is 2.32. The number of halogens is 1. The fourth-order valence-electron chi connectivity index (χ4n) is 2.29. The predicted molar refractivity (Wildman–Crippen MR) is 77.8 cm³/mol. The van der Waals surface area contributed by atoms with Crippen LogP contribution in [-0.4, -0.2) is 53.4 Å². The zero-order chi connectivity index (χ0) is 14.8. The van der Waals surface area contributed by atoms with Crippen LogP contribution in [0.5, 0.6) is 5.75 Å². The van der Waals surface area contributed by atoms with Crippen molar-refractivity contribution in [3.8, 4) is 5.75 Å². The van der Waals surface area contributed by atoms with E-state index >= 15 is 0 Å². The molecule has 0 atom stereocenters. The van der Waals surface area contributed by atoms with E-state index in [1.54, 1.807) is 19.2 Å². The number of phenols is 1. The minimum absolute atomic E-state index is 0.0222. The van der Waals surface area contributed by atoms with E-state index in [2.05, 4.69) is 15.9 Å². The first-order valence-corrected chi connectivity index (χ1v) is 7.25. The number of nitrogens with zero attached hydrogens (tertiary/aromatic N) is 1. The number of likely N-dealkylation sites (N-methyl/N-ethyl adjacent to an activating group) is 1. The number of benzene rings is 1. The number of aromatic hydroxyl groups is 1. The average Bonchev–Trinajstić information content (AvgIpc) is 2.41. The Balaban J connectivity index is 2.06. The lowest BCUT2D eigenvalue weighted by atomic mass is 9.93. The van der Waals surface area contributed by atoms with Crippen molar-refractivity contribution in [1.82, 2.24) is 4.90 Å². The number of phenolic OH excluding ortho intramolecular Hbond substituents is 1. The Labute approximate surface area is 126 Å². The van der Waals surface area contributed by atoms with Crippen molar-refractivity contribution >= 4 is 21.8 Å². The molecule has 1 aromatic rings. The second-order valence-corrected chi connectivity index (χ2v) is 6.02. The maximum Gasteiger partial charge on any atom is 0.253 e. The van der Waals surface area contributed by atoms with Crippen molar-refractivity contribution in [2.45, 2.75) is 18.4 Å². The molecule has 0 unspecified atom stereocenters. The second-order valence-electron chi connectivity index (χ2n) is 5.16. The average molecular weight is 344 g/mol. The minimum atomic E-state index is -0.889. The van der Waals surface area contributed by atoms with Gasteiger partial charge in [-0.15, -0.1) is 0 Å². The molecular formula is C14H18BrNO4. The zero-order valence-electron chi connectivity index (χ0n) is 11.3. The Hall–Kier alpha value is -1.11. The quantitative estimate of drug-likeness (QED) is 0.877. The molecule has 0 radical (unpaired) electrons. The molecule has 2 N–H and O–H groups in total. The topological polar surface area (TPSA) is 70.0 Å². The lowest BCUT2D eigenvalue weighted by Gasteiger charge is -2.35. The first kappa shape index (κ1) is 15.3. The molecule has 0 aliphatic carbocycles. The second kappa shape index (κ2) is 6.11. The molecule has 0 bridgehead atoms. The van der Waals surface area contributed by atoms with Crippen LogP contribution in [0.15, 0.2) is 22.7 Å². The Morgan fingerprint density at radius 1 is 1.45 bits per heavy atom. The summed E-state index contributed by atoms with van der Waals surface area (Å²) < 4.78 is 5.76. The lowest BCUT2D eigenvalue weighted by molar-refractivity contribution is -0.0734. The third-order valence-electron chi connectivity index (χ3n) is 3.49. The van der Waals surface area contributed by atoms with Crippen molar-refractivity contribution in [2.24, 2.45) is 0 Å². The predicted octanol–water partition coefficient (Wildman–Crippen LogP) is 1.77. The monoisotopic (exact) mass is 343 g/mol. The van der Waals surface area contributed by atoms with Gasteiger partial charge >= 0.3 is 0 Å². The van der Waals surface area contributed by atoms with Crippen molar-refractivity contribution < 1.29 is 19.7 Å². The SMILES string of the molecule is CN(CC1(O)CCOCC1)C(=O)c1ccc(Br)c(O)c1. The highest BCUT2D eigenvalue weighted by atomic mass is 79.9. The normalized spacial score (nSPS) is 17.8. The lowest BCUT2D eigenvalue weighted by Crippen LogP contribution is -2.47. The molecule has 20 heavy (non-hydrogen) atoms. The summed E-state index contributed by atoms with van der Waals surface area (Å²) in [6, 6.07) is 4.67. The van der Waals surface area contributed by atoms with E-state index < -0.39 is 5.60 Å². The molecule has 2 rings (SSSR count). The largest absolute Gasteiger partial charge is 0.507 e. The van der Waals surface area contributed by atoms with Crippen LogP contribution < -0.4 is 0 Å². The third kappa shape index (κ3) is 3.50. The van der Waals surface area contributed by atoms with Gasteiger partial charge in [0.2, 0.25) is 0 Å². The number of hydrogen-bond acceptors (Lipinski definition) is 4. The van der Waals surface area contributed by atoms with Gasteiger partial charge in [-0.25, -0.2) is 0 Å². The summed E-state index contributed by atoms with van der Waals surface area (Å²) in [7, 11) is 1.65. The molecule has 1 saturated heterocycles. The van der Waals surface area contributed by atoms with Gasteiger partial charge in [-0.3, -0.25) is 4.79 Å². The van der Waals surface area contributed by atoms with Gasteiger partial charge in [0, 0.05) is 45.2 Å². The fraction of sp³-hybridized carbons (Fsp3) is 0.500. The van der Waals surface area contributed by atoms with Crippen LogP contribution in [0, 0.1) is 0 Å². The third-order valence-corrected chi connectivity index (χ3v) is 4.17. The highest BCUT2D eigenvalue weighted by molar-refractivity contribution is 9.10. The molecule has 5 nitrogen and oxygen atoms in total. The Bertz CT molecular complexity index is 500. The Morgan fingerprint density at radius 3 is 2.70 bits per heavy atom. The van der Waals surface area contributed by atoms with E-state index in [4.69, 9.17) is 4.74 Å². The van der Waals surface area contributed by atoms with Crippen LogP contribution in [0.4, 0.5) is 0 Å². The van der Waals surface area contributed by atoms with Crippen LogP contribution in [0.1, 0.15) is 23.2 Å². The standard InChI is InChI=1S/C14H18BrNO4/c1-16(9-14(19)4-6-20-7-5-14)13(18)10-2-3-11(15)12(17)8-10/h2-3,8,17,19H,4-7,9H2,1H3. The highest BCUT2D eigenvalue weighted by Crippen LogP contribution is 2.26. The van der Waals surface area contributed by atoms with Gasteiger partial charge in [0.25, 0.3) is 5.91 Å². The van der Waals surface area contributed by atoms with Gasteiger partial charge in [0.05, 0.1) is 10.1 Å². The van der Waals surface area contributed by atoms with E-state index in [0.717, 1.165) is 0 Å². The number of carbonyl (C=O) groups is 1. The molecule has 1 fully saturated rings. The molecule has 1 aromatic carbocycles. The van der Waals surface area contributed by atoms with Crippen molar-refractivity contribution in [2.75, 3.05) is 26.8 Å². The summed E-state index contributed by atoms with van der Waals surface area (Å²) in [6.07, 6.45) is 1.05. The first-order valence-electron chi connectivity index (χ1n) is 6.45. The molecule has 1 amide bonds. The van der Waals surface area contributed by atoms with Crippen molar-refractivity contribution in [3.63, 3.8) is 0 Å². The molecule has 1 heterocycles. The molecule has 110 valence electrons. The number of carbonyl (C=O) groups excluding carboxylic acids is 1. The van der Waals surface area contributed by atoms with E-state index in [9.17, 15) is 15.0 Å². The summed E-state index contributed by atoms with van der Waals surface area (Å²) >= 11 is 3.17. The number of hydrogen-bond donors (Lipinski definition) is 2. The maximum absolute atomic E-state index is 12.3. The summed E-state index contributed by atoms with van der Waals surface area (Å²) in [5.74, 6) is -0.207. The number of amides is 1.